The van der Waals surface area contributed by atoms with Gasteiger partial charge in [-0.2, -0.15) is 0 Å². The lowest BCUT2D eigenvalue weighted by molar-refractivity contribution is 0.370. The Hall–Kier alpha value is -1.61. The van der Waals surface area contributed by atoms with Gasteiger partial charge in [0, 0.05) is 11.6 Å². The van der Waals surface area contributed by atoms with Gasteiger partial charge in [0.25, 0.3) is 0 Å². The number of benzene rings is 1. The van der Waals surface area contributed by atoms with Gasteiger partial charge in [-0.1, -0.05) is 23.8 Å². The molecule has 18 heavy (non-hydrogen) atoms. The Morgan fingerprint density at radius 1 is 1.28 bits per heavy atom. The van der Waals surface area contributed by atoms with E-state index < -0.39 is 0 Å². The van der Waals surface area contributed by atoms with Crippen LogP contribution in [0.5, 0.6) is 0 Å². The smallest absolute Gasteiger partial charge is 0.0953 e. The summed E-state index contributed by atoms with van der Waals surface area (Å²) in [6.07, 6.45) is 6.34. The van der Waals surface area contributed by atoms with Gasteiger partial charge in [0.15, 0.2) is 0 Å². The topological polar surface area (TPSA) is 29.9 Å². The zero-order valence-electron chi connectivity index (χ0n) is 10.8. The minimum absolute atomic E-state index is 0.587. The van der Waals surface area contributed by atoms with Crippen LogP contribution >= 0.6 is 0 Å². The van der Waals surface area contributed by atoms with Crippen molar-refractivity contribution in [2.24, 2.45) is 0 Å². The molecule has 1 N–H and O–H groups in total. The second-order valence-electron chi connectivity index (χ2n) is 5.04. The maximum absolute atomic E-state index is 4.35. The molecule has 2 aromatic rings. The predicted molar refractivity (Wildman–Crippen MR) is 73.5 cm³/mol. The van der Waals surface area contributed by atoms with Crippen LogP contribution in [0.2, 0.25) is 0 Å². The lowest BCUT2D eigenvalue weighted by atomic mass is 10.0. The third kappa shape index (κ3) is 2.18. The molecule has 1 aliphatic heterocycles. The molecule has 0 atom stereocenters. The number of aromatic nitrogens is 2. The summed E-state index contributed by atoms with van der Waals surface area (Å²) < 4.78 is 2.34. The molecule has 0 radical (unpaired) electrons. The van der Waals surface area contributed by atoms with Crippen molar-refractivity contribution in [3.05, 3.63) is 42.4 Å². The number of hydrogen-bond acceptors (Lipinski definition) is 2. The third-order valence-electron chi connectivity index (χ3n) is 3.68. The highest BCUT2D eigenvalue weighted by molar-refractivity contribution is 5.60. The summed E-state index contributed by atoms with van der Waals surface area (Å²) in [6.45, 7) is 4.35. The molecule has 0 saturated carbocycles. The van der Waals surface area contributed by atoms with Gasteiger partial charge in [0.2, 0.25) is 0 Å². The van der Waals surface area contributed by atoms with E-state index in [0.717, 1.165) is 13.1 Å². The highest BCUT2D eigenvalue weighted by Gasteiger charge is 2.17. The van der Waals surface area contributed by atoms with Crippen molar-refractivity contribution >= 4 is 0 Å². The molecule has 3 heteroatoms. The fourth-order valence-electron chi connectivity index (χ4n) is 2.71. The molecule has 0 amide bonds. The Balaban J connectivity index is 1.95. The maximum atomic E-state index is 4.35. The molecule has 1 aromatic heterocycles. The molecular weight excluding hydrogens is 222 g/mol. The molecule has 94 valence electrons. The summed E-state index contributed by atoms with van der Waals surface area (Å²) in [5, 5.41) is 3.41. The molecule has 1 saturated heterocycles. The summed E-state index contributed by atoms with van der Waals surface area (Å²) >= 11 is 0. The monoisotopic (exact) mass is 241 g/mol. The summed E-state index contributed by atoms with van der Waals surface area (Å²) in [5.74, 6) is 0. The second-order valence-corrected chi connectivity index (χ2v) is 5.04. The Morgan fingerprint density at radius 3 is 2.89 bits per heavy atom. The van der Waals surface area contributed by atoms with Crippen LogP contribution in [0, 0.1) is 6.92 Å². The average Bonchev–Trinajstić information content (AvgIpc) is 2.89. The highest BCUT2D eigenvalue weighted by Crippen LogP contribution is 2.27. The largest absolute Gasteiger partial charge is 0.327 e. The molecule has 0 unspecified atom stereocenters. The molecule has 2 heterocycles. The highest BCUT2D eigenvalue weighted by atomic mass is 15.1. The summed E-state index contributed by atoms with van der Waals surface area (Å²) in [7, 11) is 0. The number of piperidine rings is 1. The Kier molecular flexibility index (Phi) is 3.15. The van der Waals surface area contributed by atoms with Crippen LogP contribution in [-0.2, 0) is 0 Å². The first-order chi connectivity index (χ1) is 8.84. The van der Waals surface area contributed by atoms with E-state index in [4.69, 9.17) is 0 Å². The van der Waals surface area contributed by atoms with Crippen LogP contribution in [0.1, 0.15) is 24.4 Å². The summed E-state index contributed by atoms with van der Waals surface area (Å²) in [4.78, 5) is 4.35. The number of nitrogens with one attached hydrogen (secondary N) is 1. The van der Waals surface area contributed by atoms with Gasteiger partial charge in [-0.05, 0) is 38.9 Å². The van der Waals surface area contributed by atoms with Crippen molar-refractivity contribution in [3.8, 4) is 11.3 Å². The van der Waals surface area contributed by atoms with E-state index >= 15 is 0 Å². The van der Waals surface area contributed by atoms with Gasteiger partial charge < -0.3 is 9.88 Å². The first-order valence-corrected chi connectivity index (χ1v) is 6.64. The fourth-order valence-corrected chi connectivity index (χ4v) is 2.71. The molecule has 1 aromatic carbocycles. The van der Waals surface area contributed by atoms with Crippen LogP contribution in [0.15, 0.2) is 36.8 Å². The van der Waals surface area contributed by atoms with Crippen molar-refractivity contribution < 1.29 is 0 Å². The molecule has 0 spiro atoms. The first-order valence-electron chi connectivity index (χ1n) is 6.64. The Bertz CT molecular complexity index is 524. The van der Waals surface area contributed by atoms with Crippen molar-refractivity contribution in [1.82, 2.24) is 14.9 Å². The van der Waals surface area contributed by atoms with E-state index in [2.05, 4.69) is 46.1 Å². The molecule has 1 aliphatic rings. The third-order valence-corrected chi connectivity index (χ3v) is 3.68. The van der Waals surface area contributed by atoms with Crippen LogP contribution in [0.4, 0.5) is 0 Å². The number of hydrogen-bond donors (Lipinski definition) is 1. The van der Waals surface area contributed by atoms with Gasteiger partial charge >= 0.3 is 0 Å². The van der Waals surface area contributed by atoms with Gasteiger partial charge in [-0.25, -0.2) is 4.98 Å². The molecule has 3 rings (SSSR count). The lowest BCUT2D eigenvalue weighted by Gasteiger charge is -2.25. The van der Waals surface area contributed by atoms with E-state index in [1.54, 1.807) is 0 Å². The average molecular weight is 241 g/mol. The minimum Gasteiger partial charge on any atom is -0.327 e. The molecule has 0 bridgehead atoms. The molecule has 1 fully saturated rings. The van der Waals surface area contributed by atoms with E-state index in [0.29, 0.717) is 6.04 Å². The fraction of sp³-hybridized carbons (Fsp3) is 0.400. The first kappa shape index (κ1) is 11.5. The van der Waals surface area contributed by atoms with Gasteiger partial charge in [0.1, 0.15) is 0 Å². The zero-order valence-corrected chi connectivity index (χ0v) is 10.8. The van der Waals surface area contributed by atoms with Crippen molar-refractivity contribution in [3.63, 3.8) is 0 Å². The van der Waals surface area contributed by atoms with Gasteiger partial charge in [0.05, 0.1) is 18.2 Å². The van der Waals surface area contributed by atoms with E-state index in [9.17, 15) is 0 Å². The van der Waals surface area contributed by atoms with Crippen LogP contribution in [0.3, 0.4) is 0 Å². The van der Waals surface area contributed by atoms with Gasteiger partial charge in [-0.15, -0.1) is 0 Å². The standard InChI is InChI=1S/C15H19N3/c1-12-3-2-4-13(9-12)15-10-17-11-18(15)14-5-7-16-8-6-14/h2-4,9-11,14,16H,5-8H2,1H3. The van der Waals surface area contributed by atoms with Crippen molar-refractivity contribution in [2.75, 3.05) is 13.1 Å². The summed E-state index contributed by atoms with van der Waals surface area (Å²) in [5.41, 5.74) is 3.81. The van der Waals surface area contributed by atoms with E-state index in [-0.39, 0.29) is 0 Å². The van der Waals surface area contributed by atoms with Crippen LogP contribution < -0.4 is 5.32 Å². The van der Waals surface area contributed by atoms with Crippen LogP contribution in [-0.4, -0.2) is 22.6 Å². The lowest BCUT2D eigenvalue weighted by Crippen LogP contribution is -2.29. The Labute approximate surface area is 108 Å². The zero-order chi connectivity index (χ0) is 12.4. The molecule has 0 aliphatic carbocycles. The van der Waals surface area contributed by atoms with E-state index in [1.165, 1.54) is 29.7 Å². The Morgan fingerprint density at radius 2 is 2.11 bits per heavy atom. The van der Waals surface area contributed by atoms with E-state index in [1.807, 2.05) is 12.5 Å². The second kappa shape index (κ2) is 4.94. The SMILES string of the molecule is Cc1cccc(-c2cncn2C2CCNCC2)c1. The number of nitrogens with zero attached hydrogens (tertiary/aromatic N) is 2. The quantitative estimate of drug-likeness (QED) is 0.876. The van der Waals surface area contributed by atoms with Crippen LogP contribution in [0.25, 0.3) is 11.3 Å². The van der Waals surface area contributed by atoms with Crippen molar-refractivity contribution in [1.29, 1.82) is 0 Å². The molecule has 3 nitrogen and oxygen atoms in total. The minimum atomic E-state index is 0.587. The predicted octanol–water partition coefficient (Wildman–Crippen LogP) is 2.78. The maximum Gasteiger partial charge on any atom is 0.0953 e. The molecular formula is C15H19N3. The normalized spacial score (nSPS) is 16.9. The number of aryl methyl sites for hydroxylation is 1. The summed E-state index contributed by atoms with van der Waals surface area (Å²) in [6, 6.07) is 9.24. The van der Waals surface area contributed by atoms with Crippen molar-refractivity contribution in [2.45, 2.75) is 25.8 Å². The number of imidazole rings is 1. The van der Waals surface area contributed by atoms with Gasteiger partial charge in [-0.3, -0.25) is 0 Å². The number of rotatable bonds is 2.